The Hall–Kier alpha value is -2.90. The Kier molecular flexibility index (Phi) is 5.18. The lowest BCUT2D eigenvalue weighted by atomic mass is 10.3. The lowest BCUT2D eigenvalue weighted by Crippen LogP contribution is -2.41. The van der Waals surface area contributed by atoms with E-state index < -0.39 is 17.2 Å². The molecule has 2 rings (SSSR count). The first kappa shape index (κ1) is 17.5. The number of aromatic nitrogens is 3. The number of pyridine rings is 1. The molecule has 2 aromatic heterocycles. The fraction of sp³-hybridized carbons (Fsp3) is 0.375. The van der Waals surface area contributed by atoms with Gasteiger partial charge in [0.15, 0.2) is 0 Å². The number of nitrogens with zero attached hydrogens (tertiary/aromatic N) is 3. The van der Waals surface area contributed by atoms with Crippen molar-refractivity contribution in [3.8, 4) is 0 Å². The number of carbonyl (C=O) groups excluding carboxylic acids is 1. The highest BCUT2D eigenvalue weighted by molar-refractivity contribution is 5.92. The first-order valence-corrected chi connectivity index (χ1v) is 7.54. The van der Waals surface area contributed by atoms with Gasteiger partial charge >= 0.3 is 5.69 Å². The Bertz CT molecular complexity index is 936. The molecular weight excluding hydrogens is 312 g/mol. The second kappa shape index (κ2) is 7.12. The van der Waals surface area contributed by atoms with Gasteiger partial charge in [0.05, 0.1) is 0 Å². The molecule has 1 amide bonds. The number of amides is 1. The molecule has 0 unspecified atom stereocenters. The highest BCUT2D eigenvalue weighted by atomic mass is 16.2. The van der Waals surface area contributed by atoms with Crippen molar-refractivity contribution in [2.45, 2.75) is 19.9 Å². The van der Waals surface area contributed by atoms with Crippen molar-refractivity contribution in [3.63, 3.8) is 0 Å². The normalized spacial score (nSPS) is 10.6. The molecule has 0 aliphatic rings. The number of carbonyl (C=O) groups is 1. The van der Waals surface area contributed by atoms with Gasteiger partial charge in [0.25, 0.3) is 17.0 Å². The van der Waals surface area contributed by atoms with Crippen LogP contribution in [0.3, 0.4) is 0 Å². The number of nitrogens with one attached hydrogen (secondary N) is 1. The van der Waals surface area contributed by atoms with Crippen LogP contribution in [-0.2, 0) is 20.6 Å². The lowest BCUT2D eigenvalue weighted by Gasteiger charge is -2.11. The Morgan fingerprint density at radius 3 is 2.46 bits per heavy atom. The molecule has 0 fully saturated rings. The molecular formula is C16H20N4O4. The van der Waals surface area contributed by atoms with Gasteiger partial charge in [-0.05, 0) is 19.4 Å². The van der Waals surface area contributed by atoms with E-state index in [-0.39, 0.29) is 11.3 Å². The van der Waals surface area contributed by atoms with Gasteiger partial charge < -0.3 is 9.88 Å². The number of hydrogen-bond acceptors (Lipinski definition) is 4. The molecule has 0 saturated carbocycles. The topological polar surface area (TPSA) is 95.1 Å². The van der Waals surface area contributed by atoms with E-state index in [1.165, 1.54) is 20.2 Å². The third-order valence-electron chi connectivity index (χ3n) is 3.87. The molecule has 24 heavy (non-hydrogen) atoms. The van der Waals surface area contributed by atoms with Crippen LogP contribution in [0.2, 0.25) is 0 Å². The van der Waals surface area contributed by atoms with Crippen LogP contribution in [-0.4, -0.2) is 26.2 Å². The molecule has 8 heteroatoms. The second-order valence-electron chi connectivity index (χ2n) is 5.53. The molecule has 1 N–H and O–H groups in total. The molecule has 2 aromatic rings. The van der Waals surface area contributed by atoms with Crippen molar-refractivity contribution in [2.75, 3.05) is 6.54 Å². The Balaban J connectivity index is 2.01. The Morgan fingerprint density at radius 1 is 1.08 bits per heavy atom. The molecule has 0 spiro atoms. The van der Waals surface area contributed by atoms with Crippen molar-refractivity contribution in [3.05, 3.63) is 66.8 Å². The van der Waals surface area contributed by atoms with E-state index in [0.29, 0.717) is 19.5 Å². The van der Waals surface area contributed by atoms with Crippen LogP contribution in [0.5, 0.6) is 0 Å². The van der Waals surface area contributed by atoms with E-state index in [1.807, 2.05) is 13.0 Å². The number of hydrogen-bond donors (Lipinski definition) is 1. The van der Waals surface area contributed by atoms with Gasteiger partial charge in [-0.2, -0.15) is 0 Å². The molecule has 0 atom stereocenters. The van der Waals surface area contributed by atoms with Crippen molar-refractivity contribution >= 4 is 5.91 Å². The molecule has 8 nitrogen and oxygen atoms in total. The van der Waals surface area contributed by atoms with Gasteiger partial charge in [-0.25, -0.2) is 4.79 Å². The summed E-state index contributed by atoms with van der Waals surface area (Å²) in [6, 6.07) is 6.16. The van der Waals surface area contributed by atoms with Crippen LogP contribution >= 0.6 is 0 Å². The summed E-state index contributed by atoms with van der Waals surface area (Å²) in [6.07, 6.45) is 0.551. The monoisotopic (exact) mass is 332 g/mol. The maximum Gasteiger partial charge on any atom is 0.331 e. The van der Waals surface area contributed by atoms with E-state index in [9.17, 15) is 19.2 Å². The van der Waals surface area contributed by atoms with Gasteiger partial charge in [-0.3, -0.25) is 23.5 Å². The molecule has 0 aromatic carbocycles. The maximum atomic E-state index is 12.1. The minimum atomic E-state index is -0.556. The predicted octanol–water partition coefficient (Wildman–Crippen LogP) is -0.626. The molecule has 0 bridgehead atoms. The zero-order chi connectivity index (χ0) is 17.9. The van der Waals surface area contributed by atoms with Crippen LogP contribution in [0.4, 0.5) is 0 Å². The zero-order valence-corrected chi connectivity index (χ0v) is 13.9. The van der Waals surface area contributed by atoms with E-state index in [1.54, 1.807) is 10.6 Å². The summed E-state index contributed by atoms with van der Waals surface area (Å²) in [5.74, 6) is -0.496. The van der Waals surface area contributed by atoms with Crippen molar-refractivity contribution in [2.24, 2.45) is 14.1 Å². The van der Waals surface area contributed by atoms with Gasteiger partial charge in [-0.1, -0.05) is 6.07 Å². The third kappa shape index (κ3) is 3.53. The maximum absolute atomic E-state index is 12.1. The quantitative estimate of drug-likeness (QED) is 0.738. The van der Waals surface area contributed by atoms with Crippen LogP contribution in [0, 0.1) is 6.92 Å². The Morgan fingerprint density at radius 2 is 1.79 bits per heavy atom. The first-order valence-electron chi connectivity index (χ1n) is 7.54. The largest absolute Gasteiger partial charge is 0.351 e. The predicted molar refractivity (Wildman–Crippen MR) is 89.3 cm³/mol. The average Bonchev–Trinajstić information content (AvgIpc) is 2.55. The molecule has 0 aliphatic carbocycles. The summed E-state index contributed by atoms with van der Waals surface area (Å²) in [5.41, 5.74) is -0.317. The van der Waals surface area contributed by atoms with Gasteiger partial charge in [0.2, 0.25) is 0 Å². The van der Waals surface area contributed by atoms with E-state index in [2.05, 4.69) is 5.32 Å². The van der Waals surface area contributed by atoms with Crippen LogP contribution in [0.15, 0.2) is 38.6 Å². The molecule has 0 radical (unpaired) electrons. The van der Waals surface area contributed by atoms with Gasteiger partial charge in [0.1, 0.15) is 5.69 Å². The summed E-state index contributed by atoms with van der Waals surface area (Å²) in [5, 5.41) is 2.66. The van der Waals surface area contributed by atoms with Crippen LogP contribution in [0.25, 0.3) is 0 Å². The number of aryl methyl sites for hydroxylation is 1. The molecule has 2 heterocycles. The van der Waals surface area contributed by atoms with Gasteiger partial charge in [-0.15, -0.1) is 0 Å². The summed E-state index contributed by atoms with van der Waals surface area (Å²) in [6.45, 7) is 2.64. The molecule has 0 saturated heterocycles. The van der Waals surface area contributed by atoms with Crippen molar-refractivity contribution < 1.29 is 4.79 Å². The number of rotatable bonds is 5. The summed E-state index contributed by atoms with van der Waals surface area (Å²) in [4.78, 5) is 47.3. The summed E-state index contributed by atoms with van der Waals surface area (Å²) in [7, 11) is 2.79. The van der Waals surface area contributed by atoms with Crippen molar-refractivity contribution in [1.82, 2.24) is 19.0 Å². The smallest absolute Gasteiger partial charge is 0.331 e. The SMILES string of the molecule is Cc1cccc(=O)n1CCCNC(=O)c1cc(=O)n(C)c(=O)n1C. The standard InChI is InChI=1S/C16H20N4O4/c1-11-6-4-7-13(21)20(11)9-5-8-17-15(23)12-10-14(22)19(3)16(24)18(12)2/h4,6-7,10H,5,8-9H2,1-3H3,(H,17,23). The summed E-state index contributed by atoms with van der Waals surface area (Å²) < 4.78 is 3.68. The van der Waals surface area contributed by atoms with Crippen LogP contribution < -0.4 is 22.1 Å². The van der Waals surface area contributed by atoms with E-state index in [0.717, 1.165) is 20.9 Å². The summed E-state index contributed by atoms with van der Waals surface area (Å²) >= 11 is 0. The minimum absolute atomic E-state index is 0.0103. The highest BCUT2D eigenvalue weighted by Gasteiger charge is 2.13. The van der Waals surface area contributed by atoms with E-state index >= 15 is 0 Å². The van der Waals surface area contributed by atoms with Gasteiger partial charge in [0, 0.05) is 45.0 Å². The third-order valence-corrected chi connectivity index (χ3v) is 3.87. The molecule has 0 aliphatic heterocycles. The zero-order valence-electron chi connectivity index (χ0n) is 13.9. The average molecular weight is 332 g/mol. The fourth-order valence-corrected chi connectivity index (χ4v) is 2.39. The fourth-order valence-electron chi connectivity index (χ4n) is 2.39. The van der Waals surface area contributed by atoms with E-state index in [4.69, 9.17) is 0 Å². The Labute approximate surface area is 138 Å². The minimum Gasteiger partial charge on any atom is -0.351 e. The highest BCUT2D eigenvalue weighted by Crippen LogP contribution is 1.96. The van der Waals surface area contributed by atoms with Crippen LogP contribution in [0.1, 0.15) is 22.6 Å². The lowest BCUT2D eigenvalue weighted by molar-refractivity contribution is 0.0942. The molecule has 128 valence electrons. The van der Waals surface area contributed by atoms with Crippen molar-refractivity contribution in [1.29, 1.82) is 0 Å². The second-order valence-corrected chi connectivity index (χ2v) is 5.53. The first-order chi connectivity index (χ1) is 11.3.